The van der Waals surface area contributed by atoms with Crippen LogP contribution in [0.4, 0.5) is 5.69 Å². The van der Waals surface area contributed by atoms with E-state index in [1.54, 1.807) is 32.4 Å². The van der Waals surface area contributed by atoms with Gasteiger partial charge in [-0.15, -0.1) is 0 Å². The first-order valence-corrected chi connectivity index (χ1v) is 6.57. The van der Waals surface area contributed by atoms with E-state index in [1.165, 1.54) is 4.90 Å². The van der Waals surface area contributed by atoms with Gasteiger partial charge < -0.3 is 14.7 Å². The SMILES string of the molecule is COc1ccc(N(C)C(=O)C2(C(=O)O)CC2)cc1Br. The Morgan fingerprint density at radius 1 is 1.42 bits per heavy atom. The van der Waals surface area contributed by atoms with Crippen LogP contribution in [-0.4, -0.2) is 31.1 Å². The monoisotopic (exact) mass is 327 g/mol. The van der Waals surface area contributed by atoms with E-state index in [-0.39, 0.29) is 5.91 Å². The Balaban J connectivity index is 2.25. The molecular weight excluding hydrogens is 314 g/mol. The summed E-state index contributed by atoms with van der Waals surface area (Å²) in [4.78, 5) is 24.8. The van der Waals surface area contributed by atoms with E-state index in [4.69, 9.17) is 9.84 Å². The lowest BCUT2D eigenvalue weighted by molar-refractivity contribution is -0.148. The first-order chi connectivity index (χ1) is 8.92. The molecule has 0 aromatic heterocycles. The Morgan fingerprint density at radius 3 is 2.47 bits per heavy atom. The fourth-order valence-electron chi connectivity index (χ4n) is 1.95. The number of carbonyl (C=O) groups is 2. The van der Waals surface area contributed by atoms with Gasteiger partial charge in [0.25, 0.3) is 0 Å². The third-order valence-corrected chi connectivity index (χ3v) is 4.02. The van der Waals surface area contributed by atoms with Gasteiger partial charge in [0, 0.05) is 12.7 Å². The molecule has 1 aromatic rings. The van der Waals surface area contributed by atoms with Crippen LogP contribution in [-0.2, 0) is 9.59 Å². The van der Waals surface area contributed by atoms with Crippen molar-refractivity contribution in [1.82, 2.24) is 0 Å². The zero-order chi connectivity index (χ0) is 14.2. The molecule has 1 aliphatic carbocycles. The van der Waals surface area contributed by atoms with Crippen molar-refractivity contribution in [2.24, 2.45) is 5.41 Å². The minimum Gasteiger partial charge on any atom is -0.496 e. The second kappa shape index (κ2) is 4.85. The maximum Gasteiger partial charge on any atom is 0.319 e. The fourth-order valence-corrected chi connectivity index (χ4v) is 2.47. The molecule has 0 aliphatic heterocycles. The summed E-state index contributed by atoms with van der Waals surface area (Å²) in [7, 11) is 3.14. The molecule has 0 unspecified atom stereocenters. The second-order valence-electron chi connectivity index (χ2n) is 4.57. The van der Waals surface area contributed by atoms with E-state index in [0.29, 0.717) is 28.8 Å². The van der Waals surface area contributed by atoms with Gasteiger partial charge in [0.05, 0.1) is 11.6 Å². The third-order valence-electron chi connectivity index (χ3n) is 3.40. The quantitative estimate of drug-likeness (QED) is 0.861. The molecule has 0 atom stereocenters. The van der Waals surface area contributed by atoms with E-state index in [2.05, 4.69) is 15.9 Å². The van der Waals surface area contributed by atoms with E-state index >= 15 is 0 Å². The van der Waals surface area contributed by atoms with Crippen LogP contribution in [0.2, 0.25) is 0 Å². The average Bonchev–Trinajstić information content (AvgIpc) is 3.18. The largest absolute Gasteiger partial charge is 0.496 e. The van der Waals surface area contributed by atoms with Crippen molar-refractivity contribution in [3.05, 3.63) is 22.7 Å². The summed E-state index contributed by atoms with van der Waals surface area (Å²) in [6.45, 7) is 0. The molecule has 102 valence electrons. The molecule has 1 amide bonds. The van der Waals surface area contributed by atoms with Crippen molar-refractivity contribution in [2.45, 2.75) is 12.8 Å². The average molecular weight is 328 g/mol. The highest BCUT2D eigenvalue weighted by atomic mass is 79.9. The van der Waals surface area contributed by atoms with Crippen molar-refractivity contribution >= 4 is 33.5 Å². The Bertz CT molecular complexity index is 539. The summed E-state index contributed by atoms with van der Waals surface area (Å²) in [5.41, 5.74) is -0.591. The Hall–Kier alpha value is -1.56. The van der Waals surface area contributed by atoms with Gasteiger partial charge in [0.1, 0.15) is 11.2 Å². The van der Waals surface area contributed by atoms with E-state index in [9.17, 15) is 9.59 Å². The van der Waals surface area contributed by atoms with Crippen molar-refractivity contribution in [3.8, 4) is 5.75 Å². The smallest absolute Gasteiger partial charge is 0.319 e. The van der Waals surface area contributed by atoms with Crippen molar-refractivity contribution < 1.29 is 19.4 Å². The van der Waals surface area contributed by atoms with Crippen molar-refractivity contribution in [2.75, 3.05) is 19.1 Å². The lowest BCUT2D eigenvalue weighted by Gasteiger charge is -2.21. The maximum absolute atomic E-state index is 12.2. The summed E-state index contributed by atoms with van der Waals surface area (Å²) < 4.78 is 5.83. The number of hydrogen-bond acceptors (Lipinski definition) is 3. The number of anilines is 1. The predicted octanol–water partition coefficient (Wildman–Crippen LogP) is 2.29. The molecule has 19 heavy (non-hydrogen) atoms. The number of aliphatic carboxylic acids is 1. The summed E-state index contributed by atoms with van der Waals surface area (Å²) in [6, 6.07) is 5.18. The molecule has 0 saturated heterocycles. The molecule has 1 aromatic carbocycles. The minimum absolute atomic E-state index is 0.378. The van der Waals surface area contributed by atoms with Gasteiger partial charge in [-0.3, -0.25) is 9.59 Å². The normalized spacial score (nSPS) is 15.7. The van der Waals surface area contributed by atoms with E-state index < -0.39 is 11.4 Å². The number of carboxylic acid groups (broad SMARTS) is 1. The van der Waals surface area contributed by atoms with Crippen molar-refractivity contribution in [1.29, 1.82) is 0 Å². The first kappa shape index (κ1) is 13.9. The number of hydrogen-bond donors (Lipinski definition) is 1. The number of carbonyl (C=O) groups excluding carboxylic acids is 1. The lowest BCUT2D eigenvalue weighted by atomic mass is 10.1. The number of methoxy groups -OCH3 is 1. The molecule has 0 spiro atoms. The number of rotatable bonds is 4. The first-order valence-electron chi connectivity index (χ1n) is 5.77. The zero-order valence-electron chi connectivity index (χ0n) is 10.6. The van der Waals surface area contributed by atoms with Crippen LogP contribution in [0.25, 0.3) is 0 Å². The van der Waals surface area contributed by atoms with Crippen LogP contribution in [0.3, 0.4) is 0 Å². The molecule has 1 aliphatic rings. The lowest BCUT2D eigenvalue weighted by Crippen LogP contribution is -2.38. The molecule has 0 radical (unpaired) electrons. The van der Waals surface area contributed by atoms with Crippen LogP contribution in [0.5, 0.6) is 5.75 Å². The standard InChI is InChI=1S/C13H14BrNO4/c1-15(11(16)13(5-6-13)12(17)18)8-3-4-10(19-2)9(14)7-8/h3-4,7H,5-6H2,1-2H3,(H,17,18). The number of nitrogens with zero attached hydrogens (tertiary/aromatic N) is 1. The third kappa shape index (κ3) is 2.32. The van der Waals surface area contributed by atoms with Crippen LogP contribution in [0, 0.1) is 5.41 Å². The van der Waals surface area contributed by atoms with Gasteiger partial charge in [-0.2, -0.15) is 0 Å². The van der Waals surface area contributed by atoms with Crippen LogP contribution < -0.4 is 9.64 Å². The zero-order valence-corrected chi connectivity index (χ0v) is 12.2. The van der Waals surface area contributed by atoms with Gasteiger partial charge in [-0.05, 0) is 47.0 Å². The van der Waals surface area contributed by atoms with Gasteiger partial charge >= 0.3 is 5.97 Å². The van der Waals surface area contributed by atoms with Gasteiger partial charge in [-0.1, -0.05) is 0 Å². The molecule has 2 rings (SSSR count). The highest BCUT2D eigenvalue weighted by Gasteiger charge is 2.58. The number of ether oxygens (including phenoxy) is 1. The summed E-state index contributed by atoms with van der Waals surface area (Å²) in [6.07, 6.45) is 0.811. The maximum atomic E-state index is 12.2. The number of carboxylic acids is 1. The van der Waals surface area contributed by atoms with Crippen LogP contribution >= 0.6 is 15.9 Å². The molecular formula is C13H14BrNO4. The molecule has 1 saturated carbocycles. The number of amides is 1. The minimum atomic E-state index is -1.22. The Morgan fingerprint density at radius 2 is 2.05 bits per heavy atom. The van der Waals surface area contributed by atoms with Gasteiger partial charge in [0.2, 0.25) is 5.91 Å². The molecule has 0 bridgehead atoms. The van der Waals surface area contributed by atoms with E-state index in [0.717, 1.165) is 0 Å². The summed E-state index contributed by atoms with van der Waals surface area (Å²) >= 11 is 3.34. The Kier molecular flexibility index (Phi) is 3.54. The fraction of sp³-hybridized carbons (Fsp3) is 0.385. The van der Waals surface area contributed by atoms with Gasteiger partial charge in [-0.25, -0.2) is 0 Å². The number of halogens is 1. The highest BCUT2D eigenvalue weighted by molar-refractivity contribution is 9.10. The summed E-state index contributed by atoms with van der Waals surface area (Å²) in [5, 5.41) is 9.13. The predicted molar refractivity (Wildman–Crippen MR) is 73.4 cm³/mol. The van der Waals surface area contributed by atoms with Crippen LogP contribution in [0.15, 0.2) is 22.7 Å². The van der Waals surface area contributed by atoms with E-state index in [1.807, 2.05) is 0 Å². The van der Waals surface area contributed by atoms with Gasteiger partial charge in [0.15, 0.2) is 0 Å². The molecule has 0 heterocycles. The topological polar surface area (TPSA) is 66.8 Å². The second-order valence-corrected chi connectivity index (χ2v) is 5.42. The number of benzene rings is 1. The van der Waals surface area contributed by atoms with Crippen molar-refractivity contribution in [3.63, 3.8) is 0 Å². The molecule has 5 nitrogen and oxygen atoms in total. The highest BCUT2D eigenvalue weighted by Crippen LogP contribution is 2.48. The Labute approximate surface area is 119 Å². The molecule has 1 fully saturated rings. The van der Waals surface area contributed by atoms with Crippen LogP contribution in [0.1, 0.15) is 12.8 Å². The molecule has 6 heteroatoms. The molecule has 1 N–H and O–H groups in total. The summed E-state index contributed by atoms with van der Waals surface area (Å²) in [5.74, 6) is -0.766.